The molecule has 2 fully saturated rings. The normalized spacial score (nSPS) is 19.3. The number of carbonyl (C=O) groups is 3. The molecule has 1 aromatic rings. The van der Waals surface area contributed by atoms with E-state index in [-0.39, 0.29) is 36.6 Å². The number of nitrogens with one attached hydrogen (secondary N) is 2. The molecule has 23 heavy (non-hydrogen) atoms. The van der Waals surface area contributed by atoms with Gasteiger partial charge in [-0.15, -0.1) is 0 Å². The van der Waals surface area contributed by atoms with Crippen LogP contribution in [-0.2, 0) is 9.59 Å². The van der Waals surface area contributed by atoms with E-state index in [1.165, 1.54) is 5.01 Å². The molecule has 1 aliphatic heterocycles. The Morgan fingerprint density at radius 3 is 2.61 bits per heavy atom. The number of nitrogens with zero attached hydrogens (tertiary/aromatic N) is 1. The molecule has 4 N–H and O–H groups in total. The maximum atomic E-state index is 12.1. The fourth-order valence-corrected chi connectivity index (χ4v) is 2.55. The third-order valence-corrected chi connectivity index (χ3v) is 4.17. The summed E-state index contributed by atoms with van der Waals surface area (Å²) in [5, 5.41) is 4.04. The van der Waals surface area contributed by atoms with E-state index in [0.29, 0.717) is 23.7 Å². The van der Waals surface area contributed by atoms with Crippen LogP contribution in [0.1, 0.15) is 36.0 Å². The second kappa shape index (κ2) is 6.37. The average molecular weight is 316 g/mol. The van der Waals surface area contributed by atoms with Gasteiger partial charge in [0.25, 0.3) is 5.91 Å². The van der Waals surface area contributed by atoms with Crippen LogP contribution >= 0.6 is 0 Å². The minimum atomic E-state index is -0.194. The Labute approximate surface area is 134 Å². The Kier molecular flexibility index (Phi) is 4.29. The van der Waals surface area contributed by atoms with Gasteiger partial charge in [-0.05, 0) is 43.0 Å². The molecule has 7 nitrogen and oxygen atoms in total. The molecule has 1 atom stereocenters. The SMILES string of the molecule is NC(CNC(=O)c1ccc(N2NC(=O)CCC2=O)cc1)C1CC1. The molecule has 3 amide bonds. The summed E-state index contributed by atoms with van der Waals surface area (Å²) < 4.78 is 0. The van der Waals surface area contributed by atoms with Crippen LogP contribution in [0.2, 0.25) is 0 Å². The van der Waals surface area contributed by atoms with Crippen LogP contribution in [0.5, 0.6) is 0 Å². The molecule has 3 rings (SSSR count). The molecule has 1 aromatic carbocycles. The minimum absolute atomic E-state index is 0.0133. The molecule has 1 unspecified atom stereocenters. The smallest absolute Gasteiger partial charge is 0.251 e. The molecular formula is C16H20N4O3. The number of nitrogens with two attached hydrogens (primary N) is 1. The van der Waals surface area contributed by atoms with Crippen molar-refractivity contribution >= 4 is 23.4 Å². The van der Waals surface area contributed by atoms with Gasteiger partial charge in [-0.25, -0.2) is 5.01 Å². The van der Waals surface area contributed by atoms with E-state index in [0.717, 1.165) is 12.8 Å². The molecule has 0 radical (unpaired) electrons. The molecule has 2 aliphatic rings. The second-order valence-corrected chi connectivity index (χ2v) is 6.02. The first kappa shape index (κ1) is 15.5. The highest BCUT2D eigenvalue weighted by Crippen LogP contribution is 2.31. The summed E-state index contributed by atoms with van der Waals surface area (Å²) in [5.74, 6) is -0.0225. The lowest BCUT2D eigenvalue weighted by atomic mass is 10.1. The van der Waals surface area contributed by atoms with Crippen LogP contribution < -0.4 is 21.5 Å². The maximum Gasteiger partial charge on any atom is 0.251 e. The second-order valence-electron chi connectivity index (χ2n) is 6.02. The number of hydrazine groups is 1. The molecule has 122 valence electrons. The highest BCUT2D eigenvalue weighted by atomic mass is 16.2. The molecular weight excluding hydrogens is 296 g/mol. The number of anilines is 1. The summed E-state index contributed by atoms with van der Waals surface area (Å²) in [5.41, 5.74) is 9.50. The average Bonchev–Trinajstić information content (AvgIpc) is 3.40. The Bertz CT molecular complexity index is 625. The van der Waals surface area contributed by atoms with Crippen LogP contribution in [0, 0.1) is 5.92 Å². The number of rotatable bonds is 5. The third kappa shape index (κ3) is 3.68. The molecule has 1 aliphatic carbocycles. The van der Waals surface area contributed by atoms with Gasteiger partial charge in [-0.1, -0.05) is 0 Å². The van der Waals surface area contributed by atoms with Gasteiger partial charge in [0.2, 0.25) is 11.8 Å². The van der Waals surface area contributed by atoms with Gasteiger partial charge in [-0.3, -0.25) is 19.8 Å². The van der Waals surface area contributed by atoms with E-state index in [1.807, 2.05) is 0 Å². The van der Waals surface area contributed by atoms with E-state index < -0.39 is 0 Å². The molecule has 1 saturated carbocycles. The predicted octanol–water partition coefficient (Wildman–Crippen LogP) is 0.312. The first-order valence-electron chi connectivity index (χ1n) is 7.81. The number of carbonyl (C=O) groups excluding carboxylic acids is 3. The monoisotopic (exact) mass is 316 g/mol. The molecule has 0 aromatic heterocycles. The largest absolute Gasteiger partial charge is 0.350 e. The lowest BCUT2D eigenvalue weighted by molar-refractivity contribution is -0.130. The number of benzene rings is 1. The topological polar surface area (TPSA) is 105 Å². The summed E-state index contributed by atoms with van der Waals surface area (Å²) in [6.07, 6.45) is 2.67. The maximum absolute atomic E-state index is 12.1. The van der Waals surface area contributed by atoms with Crippen LogP contribution in [0.15, 0.2) is 24.3 Å². The van der Waals surface area contributed by atoms with Crippen molar-refractivity contribution in [2.45, 2.75) is 31.7 Å². The van der Waals surface area contributed by atoms with Crippen molar-refractivity contribution in [3.63, 3.8) is 0 Å². The van der Waals surface area contributed by atoms with Crippen LogP contribution in [0.3, 0.4) is 0 Å². The van der Waals surface area contributed by atoms with Crippen molar-refractivity contribution in [3.8, 4) is 0 Å². The zero-order chi connectivity index (χ0) is 16.4. The Morgan fingerprint density at radius 1 is 1.26 bits per heavy atom. The van der Waals surface area contributed by atoms with Gasteiger partial charge < -0.3 is 11.1 Å². The van der Waals surface area contributed by atoms with E-state index in [2.05, 4.69) is 10.7 Å². The molecule has 0 bridgehead atoms. The fourth-order valence-electron chi connectivity index (χ4n) is 2.55. The van der Waals surface area contributed by atoms with Gasteiger partial charge in [0.05, 0.1) is 5.69 Å². The number of amides is 3. The standard InChI is InChI=1S/C16H20N4O3/c17-13(10-1-2-10)9-18-16(23)11-3-5-12(6-4-11)20-15(22)8-7-14(21)19-20/h3-6,10,13H,1-2,7-9,17H2,(H,18,23)(H,19,21). The van der Waals surface area contributed by atoms with Gasteiger partial charge in [0, 0.05) is 31.0 Å². The fraction of sp³-hybridized carbons (Fsp3) is 0.438. The van der Waals surface area contributed by atoms with Crippen molar-refractivity contribution in [1.29, 1.82) is 0 Å². The van der Waals surface area contributed by atoms with Crippen LogP contribution in [0.4, 0.5) is 5.69 Å². The number of hydrogen-bond acceptors (Lipinski definition) is 4. The Hall–Kier alpha value is -2.41. The first-order valence-corrected chi connectivity index (χ1v) is 7.81. The highest BCUT2D eigenvalue weighted by Gasteiger charge is 2.28. The van der Waals surface area contributed by atoms with Gasteiger partial charge in [0.15, 0.2) is 0 Å². The molecule has 1 saturated heterocycles. The minimum Gasteiger partial charge on any atom is -0.350 e. The van der Waals surface area contributed by atoms with Crippen molar-refractivity contribution in [2.24, 2.45) is 11.7 Å². The first-order chi connectivity index (χ1) is 11.0. The van der Waals surface area contributed by atoms with Gasteiger partial charge >= 0.3 is 0 Å². The molecule has 7 heteroatoms. The van der Waals surface area contributed by atoms with Crippen molar-refractivity contribution < 1.29 is 14.4 Å². The van der Waals surface area contributed by atoms with Gasteiger partial charge in [-0.2, -0.15) is 0 Å². The van der Waals surface area contributed by atoms with Crippen molar-refractivity contribution in [2.75, 3.05) is 11.6 Å². The van der Waals surface area contributed by atoms with Crippen molar-refractivity contribution in [1.82, 2.24) is 10.7 Å². The quantitative estimate of drug-likeness (QED) is 0.727. The summed E-state index contributed by atoms with van der Waals surface area (Å²) >= 11 is 0. The molecule has 0 spiro atoms. The predicted molar refractivity (Wildman–Crippen MR) is 84.3 cm³/mol. The third-order valence-electron chi connectivity index (χ3n) is 4.17. The summed E-state index contributed by atoms with van der Waals surface area (Å²) in [6, 6.07) is 6.54. The molecule has 1 heterocycles. The summed E-state index contributed by atoms with van der Waals surface area (Å²) in [4.78, 5) is 35.3. The Balaban J connectivity index is 1.60. The zero-order valence-corrected chi connectivity index (χ0v) is 12.7. The van der Waals surface area contributed by atoms with E-state index >= 15 is 0 Å². The van der Waals surface area contributed by atoms with Crippen molar-refractivity contribution in [3.05, 3.63) is 29.8 Å². The van der Waals surface area contributed by atoms with E-state index in [4.69, 9.17) is 5.73 Å². The summed E-state index contributed by atoms with van der Waals surface area (Å²) in [7, 11) is 0. The van der Waals surface area contributed by atoms with E-state index in [1.54, 1.807) is 24.3 Å². The van der Waals surface area contributed by atoms with Crippen LogP contribution in [0.25, 0.3) is 0 Å². The van der Waals surface area contributed by atoms with Gasteiger partial charge in [0.1, 0.15) is 0 Å². The van der Waals surface area contributed by atoms with E-state index in [9.17, 15) is 14.4 Å². The number of hydrogen-bond donors (Lipinski definition) is 3. The lowest BCUT2D eigenvalue weighted by Crippen LogP contribution is -2.50. The Morgan fingerprint density at radius 2 is 1.96 bits per heavy atom. The highest BCUT2D eigenvalue weighted by molar-refractivity contribution is 6.01. The lowest BCUT2D eigenvalue weighted by Gasteiger charge is -2.27. The van der Waals surface area contributed by atoms with Crippen LogP contribution in [-0.4, -0.2) is 30.3 Å². The summed E-state index contributed by atoms with van der Waals surface area (Å²) in [6.45, 7) is 0.464. The zero-order valence-electron chi connectivity index (χ0n) is 12.7.